The van der Waals surface area contributed by atoms with Crippen molar-refractivity contribution in [2.45, 2.75) is 38.7 Å². The highest BCUT2D eigenvalue weighted by Gasteiger charge is 2.40. The first-order valence-electron chi connectivity index (χ1n) is 5.36. The molecule has 0 bridgehead atoms. The highest BCUT2D eigenvalue weighted by atomic mass is 16.6. The van der Waals surface area contributed by atoms with Gasteiger partial charge in [-0.2, -0.15) is 0 Å². The van der Waals surface area contributed by atoms with E-state index in [9.17, 15) is 4.79 Å². The predicted octanol–water partition coefficient (Wildman–Crippen LogP) is 1.69. The van der Waals surface area contributed by atoms with Crippen molar-refractivity contribution >= 4 is 5.97 Å². The third kappa shape index (κ3) is 1.41. The van der Waals surface area contributed by atoms with Crippen molar-refractivity contribution < 1.29 is 9.53 Å². The third-order valence-electron chi connectivity index (χ3n) is 3.24. The third-order valence-corrected chi connectivity index (χ3v) is 3.24. The zero-order valence-electron chi connectivity index (χ0n) is 8.88. The molecular formula is C11H17NO2. The van der Waals surface area contributed by atoms with Crippen LogP contribution in [0.1, 0.15) is 33.1 Å². The summed E-state index contributed by atoms with van der Waals surface area (Å²) in [5.74, 6) is -0.184. The summed E-state index contributed by atoms with van der Waals surface area (Å²) in [7, 11) is 0. The van der Waals surface area contributed by atoms with E-state index in [2.05, 4.69) is 11.8 Å². The molecule has 0 aromatic carbocycles. The van der Waals surface area contributed by atoms with E-state index in [1.165, 1.54) is 12.8 Å². The molecule has 78 valence electrons. The number of carbonyl (C=O) groups excluding carboxylic acids is 1. The maximum atomic E-state index is 11.3. The standard InChI is InChI=1S/C11H17NO2/c1-3-11(2)9(8-10(13)14-11)12-6-4-5-7-12/h8H,3-7H2,1-2H3. The van der Waals surface area contributed by atoms with E-state index in [0.717, 1.165) is 25.2 Å². The summed E-state index contributed by atoms with van der Waals surface area (Å²) in [6.45, 7) is 6.20. The normalized spacial score (nSPS) is 32.0. The topological polar surface area (TPSA) is 29.5 Å². The molecular weight excluding hydrogens is 178 g/mol. The molecule has 0 spiro atoms. The first-order valence-corrected chi connectivity index (χ1v) is 5.36. The van der Waals surface area contributed by atoms with Gasteiger partial charge in [-0.15, -0.1) is 0 Å². The lowest BCUT2D eigenvalue weighted by Gasteiger charge is -2.31. The number of esters is 1. The van der Waals surface area contributed by atoms with E-state index < -0.39 is 0 Å². The van der Waals surface area contributed by atoms with Crippen molar-refractivity contribution in [1.82, 2.24) is 4.90 Å². The van der Waals surface area contributed by atoms with Crippen LogP contribution < -0.4 is 0 Å². The van der Waals surface area contributed by atoms with Crippen LogP contribution in [0.25, 0.3) is 0 Å². The van der Waals surface area contributed by atoms with Crippen LogP contribution in [-0.4, -0.2) is 29.6 Å². The summed E-state index contributed by atoms with van der Waals surface area (Å²) in [6.07, 6.45) is 4.96. The molecule has 2 aliphatic rings. The van der Waals surface area contributed by atoms with Gasteiger partial charge in [0.15, 0.2) is 0 Å². The van der Waals surface area contributed by atoms with Gasteiger partial charge in [0.25, 0.3) is 0 Å². The maximum absolute atomic E-state index is 11.3. The van der Waals surface area contributed by atoms with Crippen molar-refractivity contribution in [2.75, 3.05) is 13.1 Å². The molecule has 0 saturated carbocycles. The van der Waals surface area contributed by atoms with Gasteiger partial charge in [0.2, 0.25) is 0 Å². The number of hydrogen-bond donors (Lipinski definition) is 0. The van der Waals surface area contributed by atoms with Crippen LogP contribution in [0.2, 0.25) is 0 Å². The van der Waals surface area contributed by atoms with Crippen LogP contribution in [0, 0.1) is 0 Å². The zero-order chi connectivity index (χ0) is 10.2. The molecule has 0 N–H and O–H groups in total. The van der Waals surface area contributed by atoms with Gasteiger partial charge in [-0.05, 0) is 26.2 Å². The number of rotatable bonds is 2. The first kappa shape index (κ1) is 9.56. The summed E-state index contributed by atoms with van der Waals surface area (Å²) in [5.41, 5.74) is 0.712. The second-order valence-electron chi connectivity index (χ2n) is 4.23. The lowest BCUT2D eigenvalue weighted by Crippen LogP contribution is -2.35. The molecule has 2 aliphatic heterocycles. The molecule has 1 fully saturated rings. The van der Waals surface area contributed by atoms with Gasteiger partial charge in [0, 0.05) is 19.2 Å². The summed E-state index contributed by atoms with van der Waals surface area (Å²) in [4.78, 5) is 13.5. The van der Waals surface area contributed by atoms with Gasteiger partial charge in [-0.1, -0.05) is 6.92 Å². The number of carbonyl (C=O) groups is 1. The lowest BCUT2D eigenvalue weighted by molar-refractivity contribution is -0.145. The number of likely N-dealkylation sites (tertiary alicyclic amines) is 1. The average Bonchev–Trinajstić information content (AvgIpc) is 2.73. The highest BCUT2D eigenvalue weighted by molar-refractivity contribution is 5.86. The van der Waals surface area contributed by atoms with E-state index >= 15 is 0 Å². The molecule has 1 unspecified atom stereocenters. The minimum atomic E-state index is -0.374. The maximum Gasteiger partial charge on any atom is 0.333 e. The highest BCUT2D eigenvalue weighted by Crippen LogP contribution is 2.34. The zero-order valence-corrected chi connectivity index (χ0v) is 8.88. The molecule has 0 radical (unpaired) electrons. The van der Waals surface area contributed by atoms with Crippen molar-refractivity contribution in [3.05, 3.63) is 11.8 Å². The first-order chi connectivity index (χ1) is 6.65. The van der Waals surface area contributed by atoms with Crippen molar-refractivity contribution in [1.29, 1.82) is 0 Å². The Labute approximate surface area is 84.7 Å². The Hall–Kier alpha value is -0.990. The van der Waals surface area contributed by atoms with Crippen LogP contribution >= 0.6 is 0 Å². The Bertz CT molecular complexity index is 279. The Morgan fingerprint density at radius 3 is 2.71 bits per heavy atom. The largest absolute Gasteiger partial charge is 0.450 e. The molecule has 2 heterocycles. The number of hydrogen-bond acceptors (Lipinski definition) is 3. The lowest BCUT2D eigenvalue weighted by atomic mass is 9.99. The van der Waals surface area contributed by atoms with Crippen molar-refractivity contribution in [2.24, 2.45) is 0 Å². The SMILES string of the molecule is CCC1(C)OC(=O)C=C1N1CCCC1. The van der Waals surface area contributed by atoms with E-state index in [-0.39, 0.29) is 11.6 Å². The van der Waals surface area contributed by atoms with Gasteiger partial charge in [0.1, 0.15) is 5.60 Å². The predicted molar refractivity (Wildman–Crippen MR) is 53.7 cm³/mol. The summed E-state index contributed by atoms with van der Waals surface area (Å²) in [6, 6.07) is 0. The molecule has 1 saturated heterocycles. The monoisotopic (exact) mass is 195 g/mol. The summed E-state index contributed by atoms with van der Waals surface area (Å²) >= 11 is 0. The Balaban J connectivity index is 2.22. The van der Waals surface area contributed by atoms with E-state index in [1.54, 1.807) is 6.08 Å². The fourth-order valence-electron chi connectivity index (χ4n) is 2.21. The smallest absolute Gasteiger partial charge is 0.333 e. The van der Waals surface area contributed by atoms with Crippen LogP contribution in [0.3, 0.4) is 0 Å². The van der Waals surface area contributed by atoms with Crippen molar-refractivity contribution in [3.63, 3.8) is 0 Å². The van der Waals surface area contributed by atoms with Crippen LogP contribution in [0.5, 0.6) is 0 Å². The van der Waals surface area contributed by atoms with Gasteiger partial charge >= 0.3 is 5.97 Å². The number of ether oxygens (including phenoxy) is 1. The van der Waals surface area contributed by atoms with E-state index in [4.69, 9.17) is 4.74 Å². The molecule has 3 heteroatoms. The summed E-state index contributed by atoms with van der Waals surface area (Å²) in [5, 5.41) is 0. The molecule has 2 rings (SSSR count). The minimum absolute atomic E-state index is 0.184. The molecule has 0 aromatic rings. The molecule has 0 amide bonds. The Morgan fingerprint density at radius 2 is 2.14 bits per heavy atom. The van der Waals surface area contributed by atoms with Crippen molar-refractivity contribution in [3.8, 4) is 0 Å². The van der Waals surface area contributed by atoms with Crippen LogP contribution in [0.4, 0.5) is 0 Å². The van der Waals surface area contributed by atoms with Gasteiger partial charge < -0.3 is 9.64 Å². The number of nitrogens with zero attached hydrogens (tertiary/aromatic N) is 1. The fraction of sp³-hybridized carbons (Fsp3) is 0.727. The average molecular weight is 195 g/mol. The fourth-order valence-corrected chi connectivity index (χ4v) is 2.21. The second-order valence-corrected chi connectivity index (χ2v) is 4.23. The van der Waals surface area contributed by atoms with Gasteiger partial charge in [-0.25, -0.2) is 4.79 Å². The molecule has 1 atom stereocenters. The van der Waals surface area contributed by atoms with E-state index in [1.807, 2.05) is 6.92 Å². The van der Waals surface area contributed by atoms with Crippen LogP contribution in [-0.2, 0) is 9.53 Å². The van der Waals surface area contributed by atoms with Gasteiger partial charge in [-0.3, -0.25) is 0 Å². The van der Waals surface area contributed by atoms with E-state index in [0.29, 0.717) is 0 Å². The van der Waals surface area contributed by atoms with Crippen LogP contribution in [0.15, 0.2) is 11.8 Å². The minimum Gasteiger partial charge on any atom is -0.450 e. The molecule has 0 aromatic heterocycles. The molecule has 14 heavy (non-hydrogen) atoms. The van der Waals surface area contributed by atoms with Gasteiger partial charge in [0.05, 0.1) is 5.70 Å². The second kappa shape index (κ2) is 3.30. The molecule has 0 aliphatic carbocycles. The quantitative estimate of drug-likeness (QED) is 0.628. The number of cyclic esters (lactones) is 1. The Kier molecular flexibility index (Phi) is 2.25. The Morgan fingerprint density at radius 1 is 1.50 bits per heavy atom. The molecule has 3 nitrogen and oxygen atoms in total. The summed E-state index contributed by atoms with van der Waals surface area (Å²) < 4.78 is 5.35.